The molecule has 5 heteroatoms. The van der Waals surface area contributed by atoms with E-state index in [1.807, 2.05) is 0 Å². The molecule has 2 aliphatic heterocycles. The highest BCUT2D eigenvalue weighted by atomic mass is 16.6. The van der Waals surface area contributed by atoms with Crippen LogP contribution in [0.25, 0.3) is 0 Å². The number of ether oxygens (including phenoxy) is 2. The van der Waals surface area contributed by atoms with Crippen LogP contribution >= 0.6 is 0 Å². The second-order valence-corrected chi connectivity index (χ2v) is 3.31. The number of epoxide rings is 1. The van der Waals surface area contributed by atoms with E-state index in [4.69, 9.17) is 9.47 Å². The van der Waals surface area contributed by atoms with Crippen LogP contribution in [0.4, 0.5) is 4.79 Å². The molecule has 0 saturated carbocycles. The van der Waals surface area contributed by atoms with E-state index < -0.39 is 6.10 Å². The Morgan fingerprint density at radius 1 is 1.69 bits per heavy atom. The molecule has 0 aliphatic carbocycles. The van der Waals surface area contributed by atoms with E-state index in [0.717, 1.165) is 0 Å². The summed E-state index contributed by atoms with van der Waals surface area (Å²) in [5.41, 5.74) is 0. The summed E-state index contributed by atoms with van der Waals surface area (Å²) in [7, 11) is 0. The second-order valence-electron chi connectivity index (χ2n) is 3.31. The molecule has 1 amide bonds. The molecular weight excluding hydrogens is 174 g/mol. The monoisotopic (exact) mass is 187 g/mol. The minimum Gasteiger partial charge on any atom is -0.450 e. The molecule has 2 heterocycles. The molecule has 3 unspecified atom stereocenters. The van der Waals surface area contributed by atoms with Crippen LogP contribution in [0.1, 0.15) is 6.92 Å². The zero-order chi connectivity index (χ0) is 9.42. The largest absolute Gasteiger partial charge is 0.450 e. The molecule has 5 nitrogen and oxygen atoms in total. The average molecular weight is 187 g/mol. The van der Waals surface area contributed by atoms with E-state index in [9.17, 15) is 9.90 Å². The number of amides is 1. The number of piperidine rings is 1. The molecule has 0 aromatic heterocycles. The summed E-state index contributed by atoms with van der Waals surface area (Å²) < 4.78 is 9.97. The Labute approximate surface area is 76.2 Å². The number of aliphatic hydroxyl groups is 1. The Balaban J connectivity index is 1.89. The molecule has 0 aromatic carbocycles. The summed E-state index contributed by atoms with van der Waals surface area (Å²) in [6.07, 6.45) is -0.947. The molecule has 2 fully saturated rings. The van der Waals surface area contributed by atoms with Crippen LogP contribution in [0.2, 0.25) is 0 Å². The van der Waals surface area contributed by atoms with Crippen LogP contribution in [0, 0.1) is 0 Å². The maximum Gasteiger partial charge on any atom is 0.409 e. The van der Waals surface area contributed by atoms with Gasteiger partial charge in [-0.2, -0.15) is 0 Å². The van der Waals surface area contributed by atoms with Gasteiger partial charge in [0.15, 0.2) is 0 Å². The van der Waals surface area contributed by atoms with Crippen molar-refractivity contribution in [3.8, 4) is 0 Å². The Morgan fingerprint density at radius 2 is 2.46 bits per heavy atom. The van der Waals surface area contributed by atoms with Gasteiger partial charge in [-0.15, -0.1) is 0 Å². The van der Waals surface area contributed by atoms with Crippen LogP contribution in [-0.4, -0.2) is 54.1 Å². The number of carbonyl (C=O) groups is 1. The summed E-state index contributed by atoms with van der Waals surface area (Å²) in [4.78, 5) is 12.7. The number of fused-ring (bicyclic) bond motifs is 1. The van der Waals surface area contributed by atoms with Crippen molar-refractivity contribution in [1.29, 1.82) is 0 Å². The van der Waals surface area contributed by atoms with Gasteiger partial charge in [0.1, 0.15) is 18.3 Å². The van der Waals surface area contributed by atoms with Crippen molar-refractivity contribution in [3.63, 3.8) is 0 Å². The lowest BCUT2D eigenvalue weighted by Crippen LogP contribution is -2.46. The van der Waals surface area contributed by atoms with Crippen LogP contribution in [0.15, 0.2) is 0 Å². The minimum absolute atomic E-state index is 0.0214. The van der Waals surface area contributed by atoms with Crippen LogP contribution in [-0.2, 0) is 9.47 Å². The Morgan fingerprint density at radius 3 is 3.08 bits per heavy atom. The summed E-state index contributed by atoms with van der Waals surface area (Å²) in [5.74, 6) is 0. The van der Waals surface area contributed by atoms with Crippen molar-refractivity contribution in [3.05, 3.63) is 0 Å². The van der Waals surface area contributed by atoms with Crippen molar-refractivity contribution in [2.24, 2.45) is 0 Å². The standard InChI is InChI=1S/C8H13NO4/c1-2-12-8(11)9-3-5(10)7-6(4-9)13-7/h5-7,10H,2-4H2,1H3. The average Bonchev–Trinajstić information content (AvgIpc) is 2.84. The number of likely N-dealkylation sites (tertiary alicyclic amines) is 1. The lowest BCUT2D eigenvalue weighted by Gasteiger charge is -2.26. The van der Waals surface area contributed by atoms with Gasteiger partial charge >= 0.3 is 6.09 Å². The lowest BCUT2D eigenvalue weighted by atomic mass is 10.1. The maximum absolute atomic E-state index is 11.2. The van der Waals surface area contributed by atoms with Gasteiger partial charge in [-0.3, -0.25) is 0 Å². The van der Waals surface area contributed by atoms with E-state index in [2.05, 4.69) is 0 Å². The van der Waals surface area contributed by atoms with E-state index >= 15 is 0 Å². The fourth-order valence-electron chi connectivity index (χ4n) is 1.63. The van der Waals surface area contributed by atoms with Crippen LogP contribution in [0.5, 0.6) is 0 Å². The number of hydrogen-bond acceptors (Lipinski definition) is 4. The topological polar surface area (TPSA) is 62.3 Å². The molecule has 0 spiro atoms. The van der Waals surface area contributed by atoms with Crippen molar-refractivity contribution in [2.75, 3.05) is 19.7 Å². The fraction of sp³-hybridized carbons (Fsp3) is 0.875. The predicted octanol–water partition coefficient (Wildman–Crippen LogP) is -0.413. The van der Waals surface area contributed by atoms with Gasteiger partial charge in [-0.25, -0.2) is 4.79 Å². The quantitative estimate of drug-likeness (QED) is 0.567. The van der Waals surface area contributed by atoms with Gasteiger partial charge in [0, 0.05) is 0 Å². The number of hydrogen-bond donors (Lipinski definition) is 1. The molecule has 0 aromatic rings. The molecule has 2 aliphatic rings. The van der Waals surface area contributed by atoms with E-state index in [1.165, 1.54) is 4.90 Å². The number of aliphatic hydroxyl groups excluding tert-OH is 1. The molecule has 0 bridgehead atoms. The summed E-state index contributed by atoms with van der Waals surface area (Å²) >= 11 is 0. The van der Waals surface area contributed by atoms with Gasteiger partial charge in [-0.1, -0.05) is 0 Å². The number of β-amino-alcohol motifs (C(OH)–C–C–N with tert-alkyl or cyclic N) is 1. The highest BCUT2D eigenvalue weighted by Gasteiger charge is 2.50. The second kappa shape index (κ2) is 3.16. The highest BCUT2D eigenvalue weighted by molar-refractivity contribution is 5.68. The van der Waals surface area contributed by atoms with Gasteiger partial charge < -0.3 is 19.5 Å². The normalized spacial score (nSPS) is 36.8. The van der Waals surface area contributed by atoms with Crippen LogP contribution in [0.3, 0.4) is 0 Å². The van der Waals surface area contributed by atoms with Crippen LogP contribution < -0.4 is 0 Å². The molecule has 2 rings (SSSR count). The fourth-order valence-corrected chi connectivity index (χ4v) is 1.63. The highest BCUT2D eigenvalue weighted by Crippen LogP contribution is 2.31. The first kappa shape index (κ1) is 8.77. The van der Waals surface area contributed by atoms with Gasteiger partial charge in [0.2, 0.25) is 0 Å². The van der Waals surface area contributed by atoms with Gasteiger partial charge in [0.25, 0.3) is 0 Å². The first-order chi connectivity index (χ1) is 6.22. The van der Waals surface area contributed by atoms with E-state index in [1.54, 1.807) is 6.92 Å². The molecule has 3 atom stereocenters. The third kappa shape index (κ3) is 1.62. The third-order valence-corrected chi connectivity index (χ3v) is 2.33. The molecule has 0 radical (unpaired) electrons. The molecule has 13 heavy (non-hydrogen) atoms. The van der Waals surface area contributed by atoms with Crippen molar-refractivity contribution in [1.82, 2.24) is 4.90 Å². The van der Waals surface area contributed by atoms with E-state index in [-0.39, 0.29) is 18.3 Å². The van der Waals surface area contributed by atoms with Crippen molar-refractivity contribution in [2.45, 2.75) is 25.2 Å². The number of nitrogens with zero attached hydrogens (tertiary/aromatic N) is 1. The SMILES string of the molecule is CCOC(=O)N1CC(O)C2OC2C1. The van der Waals surface area contributed by atoms with Crippen molar-refractivity contribution >= 4 is 6.09 Å². The first-order valence-electron chi connectivity index (χ1n) is 4.47. The maximum atomic E-state index is 11.2. The van der Waals surface area contributed by atoms with Gasteiger partial charge in [-0.05, 0) is 6.92 Å². The number of rotatable bonds is 1. The predicted molar refractivity (Wildman–Crippen MR) is 43.3 cm³/mol. The van der Waals surface area contributed by atoms with Crippen molar-refractivity contribution < 1.29 is 19.4 Å². The smallest absolute Gasteiger partial charge is 0.409 e. The molecule has 1 N–H and O–H groups in total. The molecule has 2 saturated heterocycles. The molecule has 74 valence electrons. The Bertz CT molecular complexity index is 220. The summed E-state index contributed by atoms with van der Waals surface area (Å²) in [5, 5.41) is 9.43. The van der Waals surface area contributed by atoms with Gasteiger partial charge in [0.05, 0.1) is 19.7 Å². The molecular formula is C8H13NO4. The number of carbonyl (C=O) groups excluding carboxylic acids is 1. The Hall–Kier alpha value is -0.810. The summed E-state index contributed by atoms with van der Waals surface area (Å²) in [6.45, 7) is 2.98. The third-order valence-electron chi connectivity index (χ3n) is 2.33. The Kier molecular flexibility index (Phi) is 2.13. The zero-order valence-corrected chi connectivity index (χ0v) is 7.47. The first-order valence-corrected chi connectivity index (χ1v) is 4.47. The zero-order valence-electron chi connectivity index (χ0n) is 7.47. The lowest BCUT2D eigenvalue weighted by molar-refractivity contribution is 0.0608. The van der Waals surface area contributed by atoms with E-state index in [0.29, 0.717) is 19.7 Å². The summed E-state index contributed by atoms with van der Waals surface area (Å²) in [6, 6.07) is 0. The minimum atomic E-state index is -0.553.